The van der Waals surface area contributed by atoms with Crippen molar-refractivity contribution >= 4 is 17.4 Å². The Morgan fingerprint density at radius 1 is 1.00 bits per heavy atom. The fraction of sp³-hybridized carbons (Fsp3) is 0.200. The number of rotatable bonds is 10. The molecular weight excluding hydrogens is 499 g/mol. The number of aliphatic hydroxyl groups is 1. The zero-order valence-electron chi connectivity index (χ0n) is 21.6. The molecule has 0 aliphatic carbocycles. The van der Waals surface area contributed by atoms with E-state index in [0.29, 0.717) is 28.8 Å². The lowest BCUT2D eigenvalue weighted by Crippen LogP contribution is -2.37. The van der Waals surface area contributed by atoms with Gasteiger partial charge in [-0.25, -0.2) is 4.39 Å². The highest BCUT2D eigenvalue weighted by Crippen LogP contribution is 2.23. The van der Waals surface area contributed by atoms with Gasteiger partial charge < -0.3 is 20.3 Å². The second-order valence-corrected chi connectivity index (χ2v) is 9.12. The molecule has 1 atom stereocenters. The monoisotopic (exact) mass is 528 g/mol. The number of hydrogen-bond donors (Lipinski definition) is 3. The molecule has 0 radical (unpaired) electrons. The van der Waals surface area contributed by atoms with Crippen LogP contribution in [0.5, 0.6) is 0 Å². The van der Waals surface area contributed by atoms with Crippen molar-refractivity contribution < 1.29 is 19.1 Å². The Morgan fingerprint density at radius 3 is 2.49 bits per heavy atom. The fourth-order valence-corrected chi connectivity index (χ4v) is 4.12. The number of nitrogens with one attached hydrogen (secondary N) is 2. The molecule has 0 aliphatic heterocycles. The molecule has 2 aromatic heterocycles. The highest BCUT2D eigenvalue weighted by molar-refractivity contribution is 6.08. The van der Waals surface area contributed by atoms with E-state index in [1.54, 1.807) is 38.4 Å². The first kappa shape index (κ1) is 27.6. The molecule has 0 bridgehead atoms. The third-order valence-corrected chi connectivity index (χ3v) is 6.39. The van der Waals surface area contributed by atoms with Crippen LogP contribution in [0.15, 0.2) is 83.9 Å². The smallest absolute Gasteiger partial charge is 0.275 e. The average molecular weight is 529 g/mol. The predicted molar refractivity (Wildman–Crippen MR) is 147 cm³/mol. The number of likely N-dealkylation sites (N-methyl/N-ethyl adjacent to an activating group) is 1. The van der Waals surface area contributed by atoms with Crippen molar-refractivity contribution in [1.29, 1.82) is 0 Å². The van der Waals surface area contributed by atoms with Gasteiger partial charge in [0.1, 0.15) is 11.5 Å². The highest BCUT2D eigenvalue weighted by atomic mass is 19.1. The zero-order chi connectivity index (χ0) is 27.9. The van der Waals surface area contributed by atoms with Gasteiger partial charge >= 0.3 is 0 Å². The van der Waals surface area contributed by atoms with Gasteiger partial charge in [0.15, 0.2) is 5.78 Å². The van der Waals surface area contributed by atoms with Gasteiger partial charge in [-0.15, -0.1) is 0 Å². The summed E-state index contributed by atoms with van der Waals surface area (Å²) in [6.45, 7) is 1.75. The number of hydrogen-bond acceptors (Lipinski definition) is 6. The number of carbonyl (C=O) groups is 2. The van der Waals surface area contributed by atoms with Crippen molar-refractivity contribution in [2.24, 2.45) is 0 Å². The van der Waals surface area contributed by atoms with E-state index in [1.165, 1.54) is 35.0 Å². The summed E-state index contributed by atoms with van der Waals surface area (Å²) < 4.78 is 14.8. The predicted octanol–water partition coefficient (Wildman–Crippen LogP) is 3.41. The van der Waals surface area contributed by atoms with Crippen LogP contribution in [0.1, 0.15) is 34.0 Å². The van der Waals surface area contributed by atoms with Crippen LogP contribution in [0, 0.1) is 5.82 Å². The van der Waals surface area contributed by atoms with Crippen LogP contribution in [0.25, 0.3) is 11.3 Å². The van der Waals surface area contributed by atoms with E-state index in [2.05, 4.69) is 15.6 Å². The number of ketones is 1. The third kappa shape index (κ3) is 6.51. The van der Waals surface area contributed by atoms with Gasteiger partial charge in [0.2, 0.25) is 5.91 Å². The largest absolute Gasteiger partial charge is 0.396 e. The number of aliphatic hydroxyl groups excluding tert-OH is 1. The number of halogens is 1. The molecule has 39 heavy (non-hydrogen) atoms. The van der Waals surface area contributed by atoms with Crippen molar-refractivity contribution in [2.45, 2.75) is 25.9 Å². The number of anilines is 1. The molecule has 9 heteroatoms. The van der Waals surface area contributed by atoms with E-state index >= 15 is 0 Å². The lowest BCUT2D eigenvalue weighted by Gasteiger charge is -2.17. The zero-order valence-corrected chi connectivity index (χ0v) is 21.6. The average Bonchev–Trinajstić information content (AvgIpc) is 2.95. The lowest BCUT2D eigenvalue weighted by molar-refractivity contribution is -0.117. The maximum absolute atomic E-state index is 13.7. The molecule has 0 aliphatic rings. The van der Waals surface area contributed by atoms with E-state index in [1.807, 2.05) is 24.3 Å². The minimum atomic E-state index is -0.508. The minimum absolute atomic E-state index is 0.00851. The van der Waals surface area contributed by atoms with Crippen LogP contribution in [-0.4, -0.2) is 46.0 Å². The van der Waals surface area contributed by atoms with Crippen LogP contribution < -0.4 is 16.2 Å². The number of carbonyl (C=O) groups excluding carboxylic acids is 2. The number of aromatic nitrogens is 2. The number of nitrogens with zero attached hydrogens (tertiary/aromatic N) is 2. The van der Waals surface area contributed by atoms with Crippen LogP contribution in [-0.2, 0) is 17.8 Å². The van der Waals surface area contributed by atoms with Gasteiger partial charge in [-0.3, -0.25) is 19.4 Å². The molecule has 8 nitrogen and oxygen atoms in total. The molecule has 200 valence electrons. The molecule has 4 aromatic rings. The van der Waals surface area contributed by atoms with Crippen LogP contribution in [0.4, 0.5) is 10.1 Å². The SMILES string of the molecule is CN[C@@H](C)C(=O)Nc1ccc(-c2cccc(CCO)c2)n(Cc2cncc(C(=O)c3ccc(F)cc3)c2)c1=O. The third-order valence-electron chi connectivity index (χ3n) is 6.39. The molecule has 0 saturated heterocycles. The van der Waals surface area contributed by atoms with Crippen LogP contribution >= 0.6 is 0 Å². The van der Waals surface area contributed by atoms with Crippen molar-refractivity contribution in [2.75, 3.05) is 19.0 Å². The second kappa shape index (κ2) is 12.4. The van der Waals surface area contributed by atoms with Gasteiger partial charge in [0.25, 0.3) is 5.56 Å². The van der Waals surface area contributed by atoms with Crippen LogP contribution in [0.3, 0.4) is 0 Å². The number of amides is 1. The molecule has 2 heterocycles. The fourth-order valence-electron chi connectivity index (χ4n) is 4.12. The maximum atomic E-state index is 13.7. The van der Waals surface area contributed by atoms with E-state index in [0.717, 1.165) is 11.1 Å². The highest BCUT2D eigenvalue weighted by Gasteiger charge is 2.17. The van der Waals surface area contributed by atoms with Gasteiger partial charge in [-0.2, -0.15) is 0 Å². The first-order chi connectivity index (χ1) is 18.8. The Balaban J connectivity index is 1.76. The van der Waals surface area contributed by atoms with E-state index < -0.39 is 17.4 Å². The molecule has 0 spiro atoms. The first-order valence-corrected chi connectivity index (χ1v) is 12.5. The lowest BCUT2D eigenvalue weighted by atomic mass is 10.0. The molecule has 2 aromatic carbocycles. The molecule has 1 amide bonds. The number of pyridine rings is 2. The Labute approximate surface area is 225 Å². The van der Waals surface area contributed by atoms with Crippen molar-refractivity contribution in [1.82, 2.24) is 14.9 Å². The maximum Gasteiger partial charge on any atom is 0.275 e. The Morgan fingerprint density at radius 2 is 1.77 bits per heavy atom. The Bertz CT molecular complexity index is 1550. The van der Waals surface area contributed by atoms with E-state index in [9.17, 15) is 23.9 Å². The summed E-state index contributed by atoms with van der Waals surface area (Å²) in [4.78, 5) is 43.3. The molecule has 0 saturated carbocycles. The summed E-state index contributed by atoms with van der Waals surface area (Å²) in [5.74, 6) is -1.12. The van der Waals surface area contributed by atoms with E-state index in [-0.39, 0.29) is 30.5 Å². The van der Waals surface area contributed by atoms with Gasteiger partial charge in [0.05, 0.1) is 18.3 Å². The second-order valence-electron chi connectivity index (χ2n) is 9.12. The van der Waals surface area contributed by atoms with Gasteiger partial charge in [-0.1, -0.05) is 18.2 Å². The number of benzene rings is 2. The topological polar surface area (TPSA) is 113 Å². The first-order valence-electron chi connectivity index (χ1n) is 12.5. The molecule has 0 unspecified atom stereocenters. The van der Waals surface area contributed by atoms with E-state index in [4.69, 9.17) is 0 Å². The summed E-state index contributed by atoms with van der Waals surface area (Å²) in [7, 11) is 1.65. The molecule has 3 N–H and O–H groups in total. The molecule has 4 rings (SSSR count). The summed E-state index contributed by atoms with van der Waals surface area (Å²) in [6, 6.07) is 17.2. The summed E-state index contributed by atoms with van der Waals surface area (Å²) in [6.07, 6.45) is 3.45. The summed E-state index contributed by atoms with van der Waals surface area (Å²) >= 11 is 0. The summed E-state index contributed by atoms with van der Waals surface area (Å²) in [5.41, 5.74) is 3.15. The molecule has 0 fully saturated rings. The summed E-state index contributed by atoms with van der Waals surface area (Å²) in [5, 5.41) is 14.9. The van der Waals surface area contributed by atoms with Gasteiger partial charge in [-0.05, 0) is 85.6 Å². The Kier molecular flexibility index (Phi) is 8.75. The van der Waals surface area contributed by atoms with Crippen molar-refractivity contribution in [3.8, 4) is 11.3 Å². The van der Waals surface area contributed by atoms with Crippen LogP contribution in [0.2, 0.25) is 0 Å². The van der Waals surface area contributed by atoms with Gasteiger partial charge in [0, 0.05) is 30.1 Å². The van der Waals surface area contributed by atoms with Crippen molar-refractivity contribution in [3.63, 3.8) is 0 Å². The quantitative estimate of drug-likeness (QED) is 0.272. The normalized spacial score (nSPS) is 11.7. The Hall–Kier alpha value is -4.47. The standard InChI is InChI=1S/C30H29FN4O4/c1-19(32-2)29(38)34-26-10-11-27(23-5-3-4-20(14-23)12-13-36)35(30(26)39)18-21-15-24(17-33-16-21)28(37)22-6-8-25(31)9-7-22/h3-11,14-17,19,32,36H,12-13,18H2,1-2H3,(H,34,38)/t19-/m0/s1. The van der Waals surface area contributed by atoms with Crippen molar-refractivity contribution in [3.05, 3.63) is 118 Å². The molecular formula is C30H29FN4O4. The minimum Gasteiger partial charge on any atom is -0.396 e.